The van der Waals surface area contributed by atoms with Gasteiger partial charge in [-0.05, 0) is 49.2 Å². The van der Waals surface area contributed by atoms with E-state index < -0.39 is 11.7 Å². The lowest BCUT2D eigenvalue weighted by molar-refractivity contribution is -0.137. The number of amides is 1. The summed E-state index contributed by atoms with van der Waals surface area (Å²) in [5, 5.41) is 2.92. The summed E-state index contributed by atoms with van der Waals surface area (Å²) in [4.78, 5) is 30.3. The van der Waals surface area contributed by atoms with Crippen molar-refractivity contribution in [3.8, 4) is 5.75 Å². The normalized spacial score (nSPS) is 16.6. The van der Waals surface area contributed by atoms with Gasteiger partial charge in [-0.1, -0.05) is 0 Å². The van der Waals surface area contributed by atoms with Gasteiger partial charge in [0, 0.05) is 43.7 Å². The molecule has 166 valence electrons. The van der Waals surface area contributed by atoms with Crippen molar-refractivity contribution in [2.75, 3.05) is 25.1 Å². The molecule has 0 radical (unpaired) electrons. The number of ketones is 1. The molecule has 2 heterocycles. The quantitative estimate of drug-likeness (QED) is 0.669. The van der Waals surface area contributed by atoms with E-state index in [1.807, 2.05) is 4.90 Å². The number of piperidine rings is 1. The molecule has 9 heteroatoms. The van der Waals surface area contributed by atoms with Crippen molar-refractivity contribution in [2.24, 2.45) is 0 Å². The van der Waals surface area contributed by atoms with Crippen LogP contribution in [0.15, 0.2) is 42.6 Å². The van der Waals surface area contributed by atoms with Crippen molar-refractivity contribution in [1.82, 2.24) is 10.3 Å². The minimum atomic E-state index is -4.42. The molecule has 1 aliphatic heterocycles. The summed E-state index contributed by atoms with van der Waals surface area (Å²) in [5.74, 6) is 0.742. The zero-order chi connectivity index (χ0) is 22.4. The monoisotopic (exact) mass is 435 g/mol. The number of anilines is 1. The predicted octanol–water partition coefficient (Wildman–Crippen LogP) is 3.86. The van der Waals surface area contributed by atoms with Crippen molar-refractivity contribution in [2.45, 2.75) is 37.9 Å². The first kappa shape index (κ1) is 22.6. The van der Waals surface area contributed by atoms with Crippen molar-refractivity contribution in [3.05, 3.63) is 53.7 Å². The minimum Gasteiger partial charge on any atom is -0.497 e. The number of alkyl halides is 3. The Balaban J connectivity index is 1.49. The van der Waals surface area contributed by atoms with Gasteiger partial charge >= 0.3 is 6.18 Å². The summed E-state index contributed by atoms with van der Waals surface area (Å²) in [7, 11) is 1.54. The van der Waals surface area contributed by atoms with Gasteiger partial charge in [0.25, 0.3) is 0 Å². The zero-order valence-electron chi connectivity index (χ0n) is 17.1. The van der Waals surface area contributed by atoms with E-state index in [4.69, 9.17) is 4.74 Å². The van der Waals surface area contributed by atoms with Crippen LogP contribution in [0.4, 0.5) is 19.0 Å². The average molecular weight is 435 g/mol. The number of nitrogens with one attached hydrogen (secondary N) is 1. The molecule has 1 atom stereocenters. The van der Waals surface area contributed by atoms with Gasteiger partial charge < -0.3 is 15.0 Å². The third-order valence-corrected chi connectivity index (χ3v) is 5.18. The van der Waals surface area contributed by atoms with E-state index in [2.05, 4.69) is 10.3 Å². The molecule has 3 rings (SSSR count). The Morgan fingerprint density at radius 2 is 1.90 bits per heavy atom. The number of Topliss-reactive ketones (excluding diaryl/α,β-unsaturated/α-hetero) is 1. The fourth-order valence-electron chi connectivity index (χ4n) is 3.49. The number of carbonyl (C=O) groups excluding carboxylic acids is 2. The van der Waals surface area contributed by atoms with Crippen LogP contribution in [0, 0.1) is 0 Å². The fourth-order valence-corrected chi connectivity index (χ4v) is 3.49. The molecule has 2 aromatic rings. The highest BCUT2D eigenvalue weighted by Gasteiger charge is 2.31. The van der Waals surface area contributed by atoms with Gasteiger partial charge in [0.15, 0.2) is 5.78 Å². The van der Waals surface area contributed by atoms with Crippen molar-refractivity contribution in [3.63, 3.8) is 0 Å². The molecular weight excluding hydrogens is 411 g/mol. The second-order valence-corrected chi connectivity index (χ2v) is 7.41. The topological polar surface area (TPSA) is 71.5 Å². The molecule has 0 aliphatic carbocycles. The van der Waals surface area contributed by atoms with Gasteiger partial charge in [0.1, 0.15) is 11.6 Å². The minimum absolute atomic E-state index is 0.0693. The van der Waals surface area contributed by atoms with Crippen LogP contribution in [0.2, 0.25) is 0 Å². The van der Waals surface area contributed by atoms with Crippen molar-refractivity contribution < 1.29 is 27.5 Å². The first-order chi connectivity index (χ1) is 14.8. The molecule has 1 aromatic carbocycles. The molecule has 1 N–H and O–H groups in total. The first-order valence-electron chi connectivity index (χ1n) is 10.0. The Morgan fingerprint density at radius 1 is 1.16 bits per heavy atom. The Morgan fingerprint density at radius 3 is 2.52 bits per heavy atom. The van der Waals surface area contributed by atoms with Crippen molar-refractivity contribution >= 4 is 17.5 Å². The number of hydrogen-bond acceptors (Lipinski definition) is 5. The maximum atomic E-state index is 12.7. The first-order valence-corrected chi connectivity index (χ1v) is 10.0. The van der Waals surface area contributed by atoms with Gasteiger partial charge in [0.2, 0.25) is 5.91 Å². The molecule has 1 unspecified atom stereocenters. The molecule has 1 aromatic heterocycles. The highest BCUT2D eigenvalue weighted by molar-refractivity contribution is 5.98. The third kappa shape index (κ3) is 6.19. The predicted molar refractivity (Wildman–Crippen MR) is 109 cm³/mol. The Labute approximate surface area is 178 Å². The largest absolute Gasteiger partial charge is 0.497 e. The SMILES string of the molecule is COc1ccc(C(=O)CCC(=O)NC2CCCN(c3ccc(C(F)(F)F)cn3)C2)cc1. The highest BCUT2D eigenvalue weighted by atomic mass is 19.4. The van der Waals surface area contributed by atoms with Crippen LogP contribution in [0.5, 0.6) is 5.75 Å². The number of benzene rings is 1. The van der Waals surface area contributed by atoms with E-state index in [1.165, 1.54) is 6.07 Å². The molecule has 0 spiro atoms. The fraction of sp³-hybridized carbons (Fsp3) is 0.409. The lowest BCUT2D eigenvalue weighted by Crippen LogP contribution is -2.48. The molecule has 1 amide bonds. The summed E-state index contributed by atoms with van der Waals surface area (Å²) in [6, 6.07) is 8.92. The highest BCUT2D eigenvalue weighted by Crippen LogP contribution is 2.29. The summed E-state index contributed by atoms with van der Waals surface area (Å²) in [6.07, 6.45) is -1.90. The lowest BCUT2D eigenvalue weighted by Gasteiger charge is -2.34. The average Bonchev–Trinajstić information content (AvgIpc) is 2.77. The number of ether oxygens (including phenoxy) is 1. The molecule has 1 aliphatic rings. The Bertz CT molecular complexity index is 899. The van der Waals surface area contributed by atoms with Crippen LogP contribution in [0.3, 0.4) is 0 Å². The van der Waals surface area contributed by atoms with E-state index in [0.717, 1.165) is 25.1 Å². The molecule has 0 saturated carbocycles. The maximum Gasteiger partial charge on any atom is 0.417 e. The van der Waals surface area contributed by atoms with E-state index in [9.17, 15) is 22.8 Å². The van der Waals surface area contributed by atoms with Crippen LogP contribution >= 0.6 is 0 Å². The van der Waals surface area contributed by atoms with Crippen LogP contribution in [-0.4, -0.2) is 42.9 Å². The van der Waals surface area contributed by atoms with Gasteiger partial charge in [0.05, 0.1) is 12.7 Å². The van der Waals surface area contributed by atoms with Crippen LogP contribution in [0.1, 0.15) is 41.6 Å². The molecule has 31 heavy (non-hydrogen) atoms. The summed E-state index contributed by atoms with van der Waals surface area (Å²) < 4.78 is 43.2. The smallest absolute Gasteiger partial charge is 0.417 e. The summed E-state index contributed by atoms with van der Waals surface area (Å²) in [6.45, 7) is 1.11. The number of rotatable bonds is 7. The maximum absolute atomic E-state index is 12.7. The van der Waals surface area contributed by atoms with E-state index in [1.54, 1.807) is 31.4 Å². The molecular formula is C22H24F3N3O3. The van der Waals surface area contributed by atoms with Gasteiger partial charge in [-0.15, -0.1) is 0 Å². The lowest BCUT2D eigenvalue weighted by atomic mass is 10.0. The number of carbonyl (C=O) groups is 2. The number of pyridine rings is 1. The summed E-state index contributed by atoms with van der Waals surface area (Å²) >= 11 is 0. The molecule has 1 saturated heterocycles. The Kier molecular flexibility index (Phi) is 7.14. The zero-order valence-corrected chi connectivity index (χ0v) is 17.1. The molecule has 6 nitrogen and oxygen atoms in total. The van der Waals surface area contributed by atoms with E-state index in [-0.39, 0.29) is 30.6 Å². The third-order valence-electron chi connectivity index (χ3n) is 5.18. The van der Waals surface area contributed by atoms with Gasteiger partial charge in [-0.3, -0.25) is 9.59 Å². The van der Waals surface area contributed by atoms with E-state index >= 15 is 0 Å². The molecule has 1 fully saturated rings. The van der Waals surface area contributed by atoms with E-state index in [0.29, 0.717) is 30.2 Å². The second-order valence-electron chi connectivity index (χ2n) is 7.41. The van der Waals surface area contributed by atoms with Crippen LogP contribution in [0.25, 0.3) is 0 Å². The number of halogens is 3. The van der Waals surface area contributed by atoms with Crippen molar-refractivity contribution in [1.29, 1.82) is 0 Å². The second kappa shape index (κ2) is 9.80. The Hall–Kier alpha value is -3.10. The number of nitrogens with zero attached hydrogens (tertiary/aromatic N) is 2. The number of aromatic nitrogens is 1. The van der Waals surface area contributed by atoms with Gasteiger partial charge in [-0.2, -0.15) is 13.2 Å². The molecule has 0 bridgehead atoms. The van der Waals surface area contributed by atoms with Crippen LogP contribution in [-0.2, 0) is 11.0 Å². The van der Waals surface area contributed by atoms with Gasteiger partial charge in [-0.25, -0.2) is 4.98 Å². The van der Waals surface area contributed by atoms with Crippen LogP contribution < -0.4 is 15.0 Å². The summed E-state index contributed by atoms with van der Waals surface area (Å²) in [5.41, 5.74) is -0.273. The number of methoxy groups -OCH3 is 1. The standard InChI is InChI=1S/C22H24F3N3O3/c1-31-18-7-4-15(5-8-18)19(29)9-11-21(30)27-17-3-2-12-28(14-17)20-10-6-16(13-26-20)22(23,24)25/h4-8,10,13,17H,2-3,9,11-12,14H2,1H3,(H,27,30). The number of hydrogen-bond donors (Lipinski definition) is 1.